The van der Waals surface area contributed by atoms with Crippen LogP contribution in [0.25, 0.3) is 11.3 Å². The molecule has 1 heterocycles. The molecule has 0 bridgehead atoms. The second-order valence-electron chi connectivity index (χ2n) is 3.74. The Morgan fingerprint density at radius 2 is 2.05 bits per heavy atom. The average molecular weight is 293 g/mol. The SMILES string of the molecule is CCOc1cnc(-c2ccc(Cl)c(Cl)c2)cc1C#N. The van der Waals surface area contributed by atoms with Gasteiger partial charge < -0.3 is 4.74 Å². The molecule has 5 heteroatoms. The lowest BCUT2D eigenvalue weighted by atomic mass is 10.1. The Morgan fingerprint density at radius 3 is 2.68 bits per heavy atom. The summed E-state index contributed by atoms with van der Waals surface area (Å²) in [7, 11) is 0. The highest BCUT2D eigenvalue weighted by Gasteiger charge is 2.08. The van der Waals surface area contributed by atoms with Crippen LogP contribution in [0.5, 0.6) is 5.75 Å². The highest BCUT2D eigenvalue weighted by atomic mass is 35.5. The lowest BCUT2D eigenvalue weighted by molar-refractivity contribution is 0.338. The molecule has 0 aliphatic heterocycles. The Balaban J connectivity index is 2.46. The zero-order valence-corrected chi connectivity index (χ0v) is 11.7. The standard InChI is InChI=1S/C14H10Cl2N2O/c1-2-19-14-8-18-13(6-10(14)7-17)9-3-4-11(15)12(16)5-9/h3-6,8H,2H2,1H3. The van der Waals surface area contributed by atoms with Gasteiger partial charge in [0.15, 0.2) is 5.75 Å². The number of ether oxygens (including phenoxy) is 1. The van der Waals surface area contributed by atoms with Crippen LogP contribution in [0.15, 0.2) is 30.5 Å². The third kappa shape index (κ3) is 2.98. The number of nitriles is 1. The first kappa shape index (κ1) is 13.7. The molecule has 0 aliphatic carbocycles. The first-order valence-electron chi connectivity index (χ1n) is 5.64. The summed E-state index contributed by atoms with van der Waals surface area (Å²) in [6, 6.07) is 8.98. The number of hydrogen-bond donors (Lipinski definition) is 0. The van der Waals surface area contributed by atoms with Crippen molar-refractivity contribution in [3.05, 3.63) is 46.1 Å². The fourth-order valence-electron chi connectivity index (χ4n) is 1.61. The van der Waals surface area contributed by atoms with Crippen molar-refractivity contribution in [3.63, 3.8) is 0 Å². The summed E-state index contributed by atoms with van der Waals surface area (Å²) >= 11 is 11.8. The first-order chi connectivity index (χ1) is 9.15. The maximum absolute atomic E-state index is 9.11. The molecule has 0 spiro atoms. The zero-order chi connectivity index (χ0) is 13.8. The van der Waals surface area contributed by atoms with E-state index < -0.39 is 0 Å². The largest absolute Gasteiger partial charge is 0.491 e. The smallest absolute Gasteiger partial charge is 0.155 e. The molecule has 1 aromatic carbocycles. The van der Waals surface area contributed by atoms with Crippen molar-refractivity contribution in [1.29, 1.82) is 5.26 Å². The maximum Gasteiger partial charge on any atom is 0.155 e. The zero-order valence-electron chi connectivity index (χ0n) is 10.2. The van der Waals surface area contributed by atoms with Crippen LogP contribution in [0.1, 0.15) is 12.5 Å². The van der Waals surface area contributed by atoms with Crippen LogP contribution in [0.4, 0.5) is 0 Å². The third-order valence-corrected chi connectivity index (χ3v) is 3.24. The van der Waals surface area contributed by atoms with Crippen molar-refractivity contribution in [2.75, 3.05) is 6.61 Å². The minimum Gasteiger partial charge on any atom is -0.491 e. The molecule has 0 saturated carbocycles. The van der Waals surface area contributed by atoms with Gasteiger partial charge >= 0.3 is 0 Å². The molecular weight excluding hydrogens is 283 g/mol. The molecular formula is C14H10Cl2N2O. The van der Waals surface area contributed by atoms with E-state index in [4.69, 9.17) is 33.2 Å². The van der Waals surface area contributed by atoms with Gasteiger partial charge in [-0.05, 0) is 25.1 Å². The topological polar surface area (TPSA) is 45.9 Å². The van der Waals surface area contributed by atoms with Gasteiger partial charge in [0.05, 0.1) is 34.1 Å². The van der Waals surface area contributed by atoms with Gasteiger partial charge in [-0.1, -0.05) is 29.3 Å². The molecule has 0 unspecified atom stereocenters. The molecule has 96 valence electrons. The number of pyridine rings is 1. The number of halogens is 2. The van der Waals surface area contributed by atoms with Crippen LogP contribution >= 0.6 is 23.2 Å². The number of nitrogens with zero attached hydrogens (tertiary/aromatic N) is 2. The fraction of sp³-hybridized carbons (Fsp3) is 0.143. The summed E-state index contributed by atoms with van der Waals surface area (Å²) < 4.78 is 5.33. The van der Waals surface area contributed by atoms with Crippen LogP contribution in [-0.2, 0) is 0 Å². The van der Waals surface area contributed by atoms with Gasteiger partial charge in [0.1, 0.15) is 6.07 Å². The molecule has 19 heavy (non-hydrogen) atoms. The summed E-state index contributed by atoms with van der Waals surface area (Å²) in [5, 5.41) is 10.0. The van der Waals surface area contributed by atoms with E-state index in [0.29, 0.717) is 33.7 Å². The fourth-order valence-corrected chi connectivity index (χ4v) is 1.91. The minimum atomic E-state index is 0.443. The molecule has 0 saturated heterocycles. The number of aromatic nitrogens is 1. The van der Waals surface area contributed by atoms with E-state index in [1.165, 1.54) is 0 Å². The van der Waals surface area contributed by atoms with Crippen LogP contribution < -0.4 is 4.74 Å². The Labute approximate surface area is 121 Å². The predicted molar refractivity (Wildman–Crippen MR) is 75.6 cm³/mol. The van der Waals surface area contributed by atoms with Gasteiger partial charge in [-0.25, -0.2) is 0 Å². The van der Waals surface area contributed by atoms with Crippen LogP contribution in [0.3, 0.4) is 0 Å². The molecule has 3 nitrogen and oxygen atoms in total. The van der Waals surface area contributed by atoms with Crippen molar-refractivity contribution in [2.24, 2.45) is 0 Å². The normalized spacial score (nSPS) is 10.0. The van der Waals surface area contributed by atoms with Crippen LogP contribution in [0.2, 0.25) is 10.0 Å². The van der Waals surface area contributed by atoms with Gasteiger partial charge in [0.25, 0.3) is 0 Å². The molecule has 0 atom stereocenters. The second kappa shape index (κ2) is 5.92. The molecule has 2 aromatic rings. The Morgan fingerprint density at radius 1 is 1.26 bits per heavy atom. The van der Waals surface area contributed by atoms with E-state index in [1.54, 1.807) is 30.5 Å². The van der Waals surface area contributed by atoms with E-state index in [1.807, 2.05) is 6.92 Å². The van der Waals surface area contributed by atoms with E-state index in [-0.39, 0.29) is 0 Å². The quantitative estimate of drug-likeness (QED) is 0.846. The van der Waals surface area contributed by atoms with E-state index in [2.05, 4.69) is 11.1 Å². The molecule has 2 rings (SSSR count). The van der Waals surface area contributed by atoms with Crippen molar-refractivity contribution < 1.29 is 4.74 Å². The molecule has 0 amide bonds. The average Bonchev–Trinajstić information content (AvgIpc) is 2.42. The Kier molecular flexibility index (Phi) is 4.26. The van der Waals surface area contributed by atoms with Gasteiger partial charge in [-0.2, -0.15) is 5.26 Å². The van der Waals surface area contributed by atoms with E-state index >= 15 is 0 Å². The molecule has 0 radical (unpaired) electrons. The molecule has 0 aliphatic rings. The van der Waals surface area contributed by atoms with Crippen molar-refractivity contribution in [3.8, 4) is 23.1 Å². The van der Waals surface area contributed by atoms with E-state index in [9.17, 15) is 0 Å². The van der Waals surface area contributed by atoms with Gasteiger partial charge in [-0.3, -0.25) is 4.98 Å². The summed E-state index contributed by atoms with van der Waals surface area (Å²) in [4.78, 5) is 4.27. The lowest BCUT2D eigenvalue weighted by Gasteiger charge is -2.07. The number of rotatable bonds is 3. The van der Waals surface area contributed by atoms with Crippen molar-refractivity contribution in [1.82, 2.24) is 4.98 Å². The number of hydrogen-bond acceptors (Lipinski definition) is 3. The Hall–Kier alpha value is -1.76. The molecule has 0 fully saturated rings. The monoisotopic (exact) mass is 292 g/mol. The summed E-state index contributed by atoms with van der Waals surface area (Å²) in [6.07, 6.45) is 1.54. The first-order valence-corrected chi connectivity index (χ1v) is 6.39. The predicted octanol–water partition coefficient (Wildman–Crippen LogP) is 4.33. The lowest BCUT2D eigenvalue weighted by Crippen LogP contribution is -1.96. The van der Waals surface area contributed by atoms with E-state index in [0.717, 1.165) is 5.56 Å². The van der Waals surface area contributed by atoms with Gasteiger partial charge in [0.2, 0.25) is 0 Å². The molecule has 0 N–H and O–H groups in total. The summed E-state index contributed by atoms with van der Waals surface area (Å²) in [6.45, 7) is 2.34. The molecule has 1 aromatic heterocycles. The van der Waals surface area contributed by atoms with Crippen LogP contribution in [-0.4, -0.2) is 11.6 Å². The van der Waals surface area contributed by atoms with Gasteiger partial charge in [0, 0.05) is 5.56 Å². The Bertz CT molecular complexity index is 650. The highest BCUT2D eigenvalue weighted by molar-refractivity contribution is 6.42. The van der Waals surface area contributed by atoms with Gasteiger partial charge in [-0.15, -0.1) is 0 Å². The highest BCUT2D eigenvalue weighted by Crippen LogP contribution is 2.29. The minimum absolute atomic E-state index is 0.443. The van der Waals surface area contributed by atoms with Crippen molar-refractivity contribution in [2.45, 2.75) is 6.92 Å². The summed E-state index contributed by atoms with van der Waals surface area (Å²) in [5.41, 5.74) is 1.89. The summed E-state index contributed by atoms with van der Waals surface area (Å²) in [5.74, 6) is 0.480. The van der Waals surface area contributed by atoms with Crippen molar-refractivity contribution >= 4 is 23.2 Å². The maximum atomic E-state index is 9.11. The van der Waals surface area contributed by atoms with Crippen LogP contribution in [0, 0.1) is 11.3 Å². The third-order valence-electron chi connectivity index (χ3n) is 2.50. The second-order valence-corrected chi connectivity index (χ2v) is 4.55. The number of benzene rings is 1.